The summed E-state index contributed by atoms with van der Waals surface area (Å²) in [4.78, 5) is 42.6. The highest BCUT2D eigenvalue weighted by atomic mass is 32.1. The van der Waals surface area contributed by atoms with Gasteiger partial charge >= 0.3 is 6.09 Å². The fraction of sp³-hybridized carbons (Fsp3) is 0.406. The third-order valence-electron chi connectivity index (χ3n) is 7.16. The van der Waals surface area contributed by atoms with Crippen molar-refractivity contribution in [3.8, 4) is 0 Å². The largest absolute Gasteiger partial charge is 0.444 e. The number of aryl methyl sites for hydroxylation is 2. The molecular weight excluding hydrogens is 522 g/mol. The number of hydrogen-bond acceptors (Lipinski definition) is 5. The molecule has 3 aromatic rings. The molecule has 7 nitrogen and oxygen atoms in total. The summed E-state index contributed by atoms with van der Waals surface area (Å²) in [6.45, 7) is 9.24. The quantitative estimate of drug-likeness (QED) is 0.280. The Kier molecular flexibility index (Phi) is 9.08. The molecule has 0 aromatic heterocycles. The Morgan fingerprint density at radius 2 is 1.70 bits per heavy atom. The standard InChI is InChI=1S/C32H39N3O4S/c1-20-13-16-26(21(2)17-20)28(29(36)33-24-15-14-22-9-6-7-10-23(22)18-24)35(25-11-8-12-25)30(37)27(19-40)34-31(38)39-32(3,4)5/h6-7,9-10,13-18,25,27-28,40H,8,11-12,19H2,1-5H3,(H,33,36)(H,34,38). The predicted octanol–water partition coefficient (Wildman–Crippen LogP) is 6.34. The van der Waals surface area contributed by atoms with Gasteiger partial charge in [-0.15, -0.1) is 0 Å². The fourth-order valence-electron chi connectivity index (χ4n) is 5.03. The Bertz CT molecular complexity index is 1400. The predicted molar refractivity (Wildman–Crippen MR) is 163 cm³/mol. The molecular formula is C32H39N3O4S. The van der Waals surface area contributed by atoms with E-state index in [-0.39, 0.29) is 23.6 Å². The van der Waals surface area contributed by atoms with Gasteiger partial charge in [0.15, 0.2) is 0 Å². The van der Waals surface area contributed by atoms with Gasteiger partial charge in [-0.3, -0.25) is 9.59 Å². The van der Waals surface area contributed by atoms with Crippen LogP contribution < -0.4 is 10.6 Å². The zero-order valence-corrected chi connectivity index (χ0v) is 24.8. The van der Waals surface area contributed by atoms with Gasteiger partial charge in [0.05, 0.1) is 0 Å². The molecule has 2 atom stereocenters. The summed E-state index contributed by atoms with van der Waals surface area (Å²) in [5.74, 6) is -0.602. The van der Waals surface area contributed by atoms with Gasteiger partial charge < -0.3 is 20.3 Å². The lowest BCUT2D eigenvalue weighted by molar-refractivity contribution is -0.145. The smallest absolute Gasteiger partial charge is 0.408 e. The first-order chi connectivity index (χ1) is 19.0. The average Bonchev–Trinajstić information content (AvgIpc) is 2.85. The molecule has 4 rings (SSSR count). The highest BCUT2D eigenvalue weighted by molar-refractivity contribution is 7.80. The summed E-state index contributed by atoms with van der Waals surface area (Å²) >= 11 is 4.39. The summed E-state index contributed by atoms with van der Waals surface area (Å²) < 4.78 is 5.41. The minimum absolute atomic E-state index is 0.0627. The summed E-state index contributed by atoms with van der Waals surface area (Å²) in [7, 11) is 0. The number of thiol groups is 1. The maximum Gasteiger partial charge on any atom is 0.408 e. The van der Waals surface area contributed by atoms with Crippen LogP contribution in [0.1, 0.15) is 62.8 Å². The molecule has 8 heteroatoms. The molecule has 0 bridgehead atoms. The summed E-state index contributed by atoms with van der Waals surface area (Å²) in [5, 5.41) is 7.84. The third kappa shape index (κ3) is 6.97. The van der Waals surface area contributed by atoms with Crippen molar-refractivity contribution in [2.45, 2.75) is 77.6 Å². The van der Waals surface area contributed by atoms with E-state index in [4.69, 9.17) is 4.74 Å². The summed E-state index contributed by atoms with van der Waals surface area (Å²) in [5.41, 5.74) is 2.66. The molecule has 40 heavy (non-hydrogen) atoms. The van der Waals surface area contributed by atoms with Crippen molar-refractivity contribution in [3.05, 3.63) is 77.4 Å². The number of nitrogens with zero attached hydrogens (tertiary/aromatic N) is 1. The van der Waals surface area contributed by atoms with Gasteiger partial charge in [0.1, 0.15) is 17.7 Å². The zero-order chi connectivity index (χ0) is 29.0. The minimum atomic E-state index is -0.958. The number of benzene rings is 3. The van der Waals surface area contributed by atoms with E-state index in [0.29, 0.717) is 5.69 Å². The van der Waals surface area contributed by atoms with Crippen LogP contribution >= 0.6 is 12.6 Å². The number of hydrogen-bond donors (Lipinski definition) is 3. The third-order valence-corrected chi connectivity index (χ3v) is 7.52. The number of anilines is 1. The topological polar surface area (TPSA) is 87.7 Å². The van der Waals surface area contributed by atoms with Gasteiger partial charge in [0.25, 0.3) is 5.91 Å². The second kappa shape index (κ2) is 12.3. The average molecular weight is 562 g/mol. The van der Waals surface area contributed by atoms with Crippen LogP contribution in [-0.4, -0.2) is 46.2 Å². The van der Waals surface area contributed by atoms with Gasteiger partial charge in [-0.1, -0.05) is 54.1 Å². The van der Waals surface area contributed by atoms with E-state index in [1.165, 1.54) is 0 Å². The highest BCUT2D eigenvalue weighted by Crippen LogP contribution is 2.36. The van der Waals surface area contributed by atoms with Gasteiger partial charge in [0.2, 0.25) is 5.91 Å². The number of nitrogens with one attached hydrogen (secondary N) is 2. The molecule has 3 aromatic carbocycles. The number of ether oxygens (including phenoxy) is 1. The Balaban J connectivity index is 1.71. The van der Waals surface area contributed by atoms with E-state index in [1.807, 2.05) is 74.5 Å². The molecule has 1 aliphatic rings. The van der Waals surface area contributed by atoms with Crippen LogP contribution in [0.4, 0.5) is 10.5 Å². The van der Waals surface area contributed by atoms with Gasteiger partial charge in [-0.2, -0.15) is 12.6 Å². The van der Waals surface area contributed by atoms with E-state index in [0.717, 1.165) is 46.7 Å². The molecule has 2 unspecified atom stereocenters. The van der Waals surface area contributed by atoms with Crippen molar-refractivity contribution in [2.24, 2.45) is 0 Å². The Morgan fingerprint density at radius 1 is 1.00 bits per heavy atom. The van der Waals surface area contributed by atoms with Crippen LogP contribution in [0.25, 0.3) is 10.8 Å². The minimum Gasteiger partial charge on any atom is -0.444 e. The van der Waals surface area contributed by atoms with E-state index in [1.54, 1.807) is 25.7 Å². The molecule has 1 saturated carbocycles. The molecule has 212 valence electrons. The SMILES string of the molecule is Cc1ccc(C(C(=O)Nc2ccc3ccccc3c2)N(C(=O)C(CS)NC(=O)OC(C)(C)C)C2CCC2)c(C)c1. The Labute approximate surface area is 242 Å². The van der Waals surface area contributed by atoms with Crippen LogP contribution in [0.3, 0.4) is 0 Å². The Hall–Kier alpha value is -3.52. The lowest BCUT2D eigenvalue weighted by Crippen LogP contribution is -2.57. The molecule has 0 saturated heterocycles. The van der Waals surface area contributed by atoms with Crippen LogP contribution in [0.5, 0.6) is 0 Å². The number of amides is 3. The molecule has 0 spiro atoms. The maximum absolute atomic E-state index is 14.2. The molecule has 1 aliphatic carbocycles. The van der Waals surface area contributed by atoms with Gasteiger partial charge in [-0.25, -0.2) is 4.79 Å². The summed E-state index contributed by atoms with van der Waals surface area (Å²) in [6.07, 6.45) is 1.83. The highest BCUT2D eigenvalue weighted by Gasteiger charge is 2.42. The van der Waals surface area contributed by atoms with Crippen LogP contribution in [0, 0.1) is 13.8 Å². The fourth-order valence-corrected chi connectivity index (χ4v) is 5.27. The number of carbonyl (C=O) groups is 3. The zero-order valence-electron chi connectivity index (χ0n) is 23.9. The van der Waals surface area contributed by atoms with E-state index >= 15 is 0 Å². The number of carbonyl (C=O) groups excluding carboxylic acids is 3. The van der Waals surface area contributed by atoms with E-state index in [2.05, 4.69) is 23.3 Å². The lowest BCUT2D eigenvalue weighted by Gasteiger charge is -2.43. The first-order valence-corrected chi connectivity index (χ1v) is 14.4. The maximum atomic E-state index is 14.2. The molecule has 0 radical (unpaired) electrons. The first-order valence-electron chi connectivity index (χ1n) is 13.8. The molecule has 1 fully saturated rings. The summed E-state index contributed by atoms with van der Waals surface area (Å²) in [6, 6.07) is 17.6. The number of fused-ring (bicyclic) bond motifs is 1. The first kappa shape index (κ1) is 29.5. The van der Waals surface area contributed by atoms with Crippen molar-refractivity contribution < 1.29 is 19.1 Å². The normalized spacial score (nSPS) is 15.1. The molecule has 0 aliphatic heterocycles. The Morgan fingerprint density at radius 3 is 2.30 bits per heavy atom. The van der Waals surface area contributed by atoms with Gasteiger partial charge in [-0.05, 0) is 87.9 Å². The van der Waals surface area contributed by atoms with Crippen LogP contribution in [0.2, 0.25) is 0 Å². The number of rotatable bonds is 8. The van der Waals surface area contributed by atoms with Gasteiger partial charge in [0, 0.05) is 17.5 Å². The van der Waals surface area contributed by atoms with E-state index < -0.39 is 23.8 Å². The van der Waals surface area contributed by atoms with Crippen molar-refractivity contribution in [3.63, 3.8) is 0 Å². The monoisotopic (exact) mass is 561 g/mol. The van der Waals surface area contributed by atoms with Crippen molar-refractivity contribution in [1.29, 1.82) is 0 Å². The molecule has 2 N–H and O–H groups in total. The molecule has 0 heterocycles. The molecule has 3 amide bonds. The van der Waals surface area contributed by atoms with Crippen LogP contribution in [-0.2, 0) is 14.3 Å². The second-order valence-electron chi connectivity index (χ2n) is 11.5. The van der Waals surface area contributed by atoms with Crippen molar-refractivity contribution in [1.82, 2.24) is 10.2 Å². The number of alkyl carbamates (subject to hydrolysis) is 1. The van der Waals surface area contributed by atoms with Crippen LogP contribution in [0.15, 0.2) is 60.7 Å². The van der Waals surface area contributed by atoms with Crippen molar-refractivity contribution in [2.75, 3.05) is 11.1 Å². The second-order valence-corrected chi connectivity index (χ2v) is 11.9. The lowest BCUT2D eigenvalue weighted by atomic mass is 9.87. The van der Waals surface area contributed by atoms with E-state index in [9.17, 15) is 14.4 Å². The van der Waals surface area contributed by atoms with Crippen molar-refractivity contribution >= 4 is 47.0 Å².